The number of hydrogen-bond acceptors (Lipinski definition) is 6. The lowest BCUT2D eigenvalue weighted by molar-refractivity contribution is 0.100. The van der Waals surface area contributed by atoms with E-state index in [1.54, 1.807) is 9.58 Å². The van der Waals surface area contributed by atoms with Gasteiger partial charge < -0.3 is 21.1 Å². The molecule has 8 nitrogen and oxygen atoms in total. The van der Waals surface area contributed by atoms with Gasteiger partial charge in [0.2, 0.25) is 0 Å². The number of aromatic nitrogens is 2. The Balaban J connectivity index is 1.63. The molecule has 1 aromatic heterocycles. The molecule has 3 aromatic rings. The summed E-state index contributed by atoms with van der Waals surface area (Å²) in [5.41, 5.74) is 14.4. The minimum atomic E-state index is -0.633. The molecule has 2 heterocycles. The molecule has 4 N–H and O–H groups in total. The number of nitrogens with zero attached hydrogens (tertiary/aromatic N) is 4. The summed E-state index contributed by atoms with van der Waals surface area (Å²) >= 11 is 0. The van der Waals surface area contributed by atoms with Crippen molar-refractivity contribution < 1.29 is 9.53 Å². The lowest BCUT2D eigenvalue weighted by Gasteiger charge is -2.29. The Bertz CT molecular complexity index is 1130. The first-order valence-corrected chi connectivity index (χ1v) is 10.1. The zero-order chi connectivity index (χ0) is 22.0. The SMILES string of the molecule is Cc1ccc(Oc2ccc(-c3nn([C@@H]4CCCN(C#N)C4)c(N)c3C(N)=O)cc2)cc1. The van der Waals surface area contributed by atoms with Gasteiger partial charge in [0, 0.05) is 12.1 Å². The van der Waals surface area contributed by atoms with Crippen molar-refractivity contribution in [1.82, 2.24) is 14.7 Å². The van der Waals surface area contributed by atoms with Crippen molar-refractivity contribution in [1.29, 1.82) is 5.26 Å². The summed E-state index contributed by atoms with van der Waals surface area (Å²) in [7, 11) is 0. The molecule has 1 saturated heterocycles. The van der Waals surface area contributed by atoms with Crippen molar-refractivity contribution in [3.63, 3.8) is 0 Å². The Kier molecular flexibility index (Phi) is 5.50. The van der Waals surface area contributed by atoms with Gasteiger partial charge in [-0.25, -0.2) is 4.68 Å². The molecule has 1 fully saturated rings. The molecule has 158 valence electrons. The molecule has 1 aliphatic heterocycles. The maximum absolute atomic E-state index is 12.2. The van der Waals surface area contributed by atoms with Gasteiger partial charge in [-0.3, -0.25) is 4.79 Å². The van der Waals surface area contributed by atoms with E-state index in [-0.39, 0.29) is 17.4 Å². The van der Waals surface area contributed by atoms with E-state index in [1.165, 1.54) is 0 Å². The number of primary amides is 1. The number of hydrogen-bond donors (Lipinski definition) is 2. The average Bonchev–Trinajstić information content (AvgIpc) is 3.13. The van der Waals surface area contributed by atoms with E-state index < -0.39 is 5.91 Å². The molecule has 1 atom stereocenters. The summed E-state index contributed by atoms with van der Waals surface area (Å²) in [5.74, 6) is 1.00. The molecule has 1 amide bonds. The predicted molar refractivity (Wildman–Crippen MR) is 117 cm³/mol. The second kappa shape index (κ2) is 8.40. The lowest BCUT2D eigenvalue weighted by atomic mass is 10.1. The van der Waals surface area contributed by atoms with Crippen molar-refractivity contribution in [2.24, 2.45) is 5.73 Å². The third-order valence-corrected chi connectivity index (χ3v) is 5.46. The van der Waals surface area contributed by atoms with Crippen molar-refractivity contribution in [2.75, 3.05) is 18.8 Å². The van der Waals surface area contributed by atoms with Crippen LogP contribution in [-0.4, -0.2) is 33.7 Å². The van der Waals surface area contributed by atoms with Gasteiger partial charge in [0.25, 0.3) is 5.91 Å². The number of rotatable bonds is 5. The monoisotopic (exact) mass is 416 g/mol. The zero-order valence-corrected chi connectivity index (χ0v) is 17.3. The normalized spacial score (nSPS) is 16.0. The molecule has 2 aromatic carbocycles. The number of amides is 1. The zero-order valence-electron chi connectivity index (χ0n) is 17.3. The van der Waals surface area contributed by atoms with Gasteiger partial charge >= 0.3 is 0 Å². The minimum absolute atomic E-state index is 0.0932. The van der Waals surface area contributed by atoms with Crippen LogP contribution in [0.1, 0.15) is 34.8 Å². The Hall–Kier alpha value is -3.99. The molecular weight excluding hydrogens is 392 g/mol. The Morgan fingerprint density at radius 2 is 1.81 bits per heavy atom. The van der Waals surface area contributed by atoms with E-state index in [4.69, 9.17) is 16.2 Å². The number of likely N-dealkylation sites (tertiary alicyclic amines) is 1. The maximum atomic E-state index is 12.2. The average molecular weight is 416 g/mol. The number of piperidine rings is 1. The Morgan fingerprint density at radius 3 is 2.42 bits per heavy atom. The van der Waals surface area contributed by atoms with Gasteiger partial charge in [-0.05, 0) is 56.2 Å². The van der Waals surface area contributed by atoms with Crippen molar-refractivity contribution in [3.05, 3.63) is 59.7 Å². The summed E-state index contributed by atoms with van der Waals surface area (Å²) in [6.45, 7) is 3.24. The fourth-order valence-corrected chi connectivity index (χ4v) is 3.84. The van der Waals surface area contributed by atoms with Crippen LogP contribution in [0.25, 0.3) is 11.3 Å². The molecule has 0 bridgehead atoms. The van der Waals surface area contributed by atoms with Crippen LogP contribution >= 0.6 is 0 Å². The molecule has 31 heavy (non-hydrogen) atoms. The summed E-state index contributed by atoms with van der Waals surface area (Å²) in [6.07, 6.45) is 3.85. The van der Waals surface area contributed by atoms with Crippen LogP contribution in [-0.2, 0) is 0 Å². The molecule has 0 radical (unpaired) electrons. The Labute approximate surface area is 180 Å². The topological polar surface area (TPSA) is 123 Å². The summed E-state index contributed by atoms with van der Waals surface area (Å²) in [4.78, 5) is 13.8. The van der Waals surface area contributed by atoms with Gasteiger partial charge in [-0.15, -0.1) is 0 Å². The van der Waals surface area contributed by atoms with Crippen LogP contribution in [0.15, 0.2) is 48.5 Å². The van der Waals surface area contributed by atoms with Crippen molar-refractivity contribution in [3.8, 4) is 28.9 Å². The molecule has 0 aliphatic carbocycles. The number of ether oxygens (including phenoxy) is 1. The minimum Gasteiger partial charge on any atom is -0.457 e. The first kappa shape index (κ1) is 20.3. The summed E-state index contributed by atoms with van der Waals surface area (Å²) in [6, 6.07) is 15.0. The highest BCUT2D eigenvalue weighted by atomic mass is 16.5. The number of nitrogen functional groups attached to an aromatic ring is 1. The predicted octanol–water partition coefficient (Wildman–Crippen LogP) is 3.45. The molecule has 4 rings (SSSR count). The highest BCUT2D eigenvalue weighted by molar-refractivity contribution is 6.03. The maximum Gasteiger partial charge on any atom is 0.254 e. The number of carbonyl (C=O) groups is 1. The molecule has 0 unspecified atom stereocenters. The smallest absolute Gasteiger partial charge is 0.254 e. The van der Waals surface area contributed by atoms with E-state index in [1.807, 2.05) is 55.5 Å². The number of nitrogens with two attached hydrogens (primary N) is 2. The van der Waals surface area contributed by atoms with Crippen molar-refractivity contribution in [2.45, 2.75) is 25.8 Å². The summed E-state index contributed by atoms with van der Waals surface area (Å²) < 4.78 is 7.51. The number of nitriles is 1. The molecule has 0 saturated carbocycles. The van der Waals surface area contributed by atoms with Crippen LogP contribution in [0.2, 0.25) is 0 Å². The second-order valence-electron chi connectivity index (χ2n) is 7.70. The van der Waals surface area contributed by atoms with Gasteiger partial charge in [0.05, 0.1) is 12.6 Å². The first-order chi connectivity index (χ1) is 15.0. The first-order valence-electron chi connectivity index (χ1n) is 10.1. The third-order valence-electron chi connectivity index (χ3n) is 5.46. The van der Waals surface area contributed by atoms with Gasteiger partial charge in [-0.2, -0.15) is 10.4 Å². The van der Waals surface area contributed by atoms with Crippen LogP contribution in [0, 0.1) is 18.4 Å². The van der Waals surface area contributed by atoms with E-state index in [9.17, 15) is 10.1 Å². The van der Waals surface area contributed by atoms with Gasteiger partial charge in [0.1, 0.15) is 28.6 Å². The fourth-order valence-electron chi connectivity index (χ4n) is 3.84. The fraction of sp³-hybridized carbons (Fsp3) is 0.261. The molecular formula is C23H24N6O2. The largest absolute Gasteiger partial charge is 0.457 e. The second-order valence-corrected chi connectivity index (χ2v) is 7.70. The quantitative estimate of drug-likeness (QED) is 0.614. The van der Waals surface area contributed by atoms with E-state index in [2.05, 4.69) is 11.3 Å². The molecule has 8 heteroatoms. The van der Waals surface area contributed by atoms with Gasteiger partial charge in [-0.1, -0.05) is 17.7 Å². The molecule has 1 aliphatic rings. The third kappa shape index (κ3) is 4.16. The lowest BCUT2D eigenvalue weighted by Crippen LogP contribution is -2.34. The van der Waals surface area contributed by atoms with Crippen LogP contribution in [0.4, 0.5) is 5.82 Å². The van der Waals surface area contributed by atoms with Crippen LogP contribution in [0.3, 0.4) is 0 Å². The number of benzene rings is 2. The summed E-state index contributed by atoms with van der Waals surface area (Å²) in [5, 5.41) is 13.9. The Morgan fingerprint density at radius 1 is 1.16 bits per heavy atom. The van der Waals surface area contributed by atoms with E-state index in [0.717, 1.165) is 24.2 Å². The number of aryl methyl sites for hydroxylation is 1. The molecule has 0 spiro atoms. The standard InChI is InChI=1S/C23H24N6O2/c1-15-4-8-18(9-5-15)31-19-10-6-16(7-11-19)21-20(23(26)30)22(25)29(27-21)17-3-2-12-28(13-17)14-24/h4-11,17H,2-3,12-13,25H2,1H3,(H2,26,30)/t17-/m1/s1. The van der Waals surface area contributed by atoms with E-state index in [0.29, 0.717) is 30.1 Å². The van der Waals surface area contributed by atoms with Crippen molar-refractivity contribution >= 4 is 11.7 Å². The van der Waals surface area contributed by atoms with E-state index >= 15 is 0 Å². The highest BCUT2D eigenvalue weighted by Gasteiger charge is 2.28. The van der Waals surface area contributed by atoms with Crippen LogP contribution < -0.4 is 16.2 Å². The highest BCUT2D eigenvalue weighted by Crippen LogP contribution is 2.33. The van der Waals surface area contributed by atoms with Crippen LogP contribution in [0.5, 0.6) is 11.5 Å². The van der Waals surface area contributed by atoms with Gasteiger partial charge in [0.15, 0.2) is 6.19 Å². The number of carbonyl (C=O) groups excluding carboxylic acids is 1. The number of anilines is 1.